The minimum Gasteiger partial charge on any atom is -0.362 e. The summed E-state index contributed by atoms with van der Waals surface area (Å²) in [7, 11) is 0. The number of aromatic nitrogens is 2. The van der Waals surface area contributed by atoms with Gasteiger partial charge in [-0.05, 0) is 43.5 Å². The molecule has 2 aliphatic rings. The van der Waals surface area contributed by atoms with Crippen LogP contribution in [-0.4, -0.2) is 21.7 Å². The zero-order valence-corrected chi connectivity index (χ0v) is 15.9. The average molecular weight is 374 g/mol. The molecule has 6 nitrogen and oxygen atoms in total. The van der Waals surface area contributed by atoms with Gasteiger partial charge in [-0.2, -0.15) is 0 Å². The maximum Gasteiger partial charge on any atom is 0.255 e. The predicted octanol–water partition coefficient (Wildman–Crippen LogP) is 3.33. The summed E-state index contributed by atoms with van der Waals surface area (Å²) in [5.74, 6) is 0.0572. The van der Waals surface area contributed by atoms with E-state index in [0.29, 0.717) is 29.1 Å². The molecule has 2 aromatic rings. The molecule has 0 aromatic carbocycles. The van der Waals surface area contributed by atoms with Gasteiger partial charge >= 0.3 is 0 Å². The zero-order valence-electron chi connectivity index (χ0n) is 15.9. The van der Waals surface area contributed by atoms with E-state index in [4.69, 9.17) is 0 Å². The highest BCUT2D eigenvalue weighted by Gasteiger charge is 2.40. The van der Waals surface area contributed by atoms with Crippen LogP contribution in [0.25, 0.3) is 0 Å². The standard InChI is InChI=1S/C22H22N4O2/c1-13-11-16-20(17(27)12-13)21(15-7-3-5-9-23-15)19(14(2)25-16)22(28)26-18-8-4-6-10-24-18/h3-10,13,21,25H,11-12H2,1-2H3,(H,24,26,28). The van der Waals surface area contributed by atoms with Crippen molar-refractivity contribution >= 4 is 17.5 Å². The first kappa shape index (κ1) is 18.1. The fourth-order valence-corrected chi connectivity index (χ4v) is 4.00. The lowest BCUT2D eigenvalue weighted by Gasteiger charge is -2.35. The first-order valence-electron chi connectivity index (χ1n) is 9.42. The number of carbonyl (C=O) groups is 2. The maximum atomic E-state index is 13.2. The Morgan fingerprint density at radius 2 is 1.86 bits per heavy atom. The van der Waals surface area contributed by atoms with Gasteiger partial charge in [0.2, 0.25) is 0 Å². The van der Waals surface area contributed by atoms with Gasteiger partial charge in [-0.25, -0.2) is 4.98 Å². The summed E-state index contributed by atoms with van der Waals surface area (Å²) in [5.41, 5.74) is 3.51. The Morgan fingerprint density at radius 1 is 1.11 bits per heavy atom. The van der Waals surface area contributed by atoms with Crippen molar-refractivity contribution in [3.63, 3.8) is 0 Å². The molecule has 0 saturated heterocycles. The van der Waals surface area contributed by atoms with Crippen molar-refractivity contribution in [2.24, 2.45) is 5.92 Å². The van der Waals surface area contributed by atoms with E-state index in [0.717, 1.165) is 17.8 Å². The van der Waals surface area contributed by atoms with Crippen LogP contribution in [0.4, 0.5) is 5.82 Å². The first-order valence-corrected chi connectivity index (χ1v) is 9.42. The number of hydrogen-bond donors (Lipinski definition) is 2. The first-order chi connectivity index (χ1) is 13.5. The largest absolute Gasteiger partial charge is 0.362 e. The SMILES string of the molecule is CC1=C(C(=O)Nc2ccccn2)C(c2ccccn2)C2=C(CC(C)CC2=O)N1. The Kier molecular flexibility index (Phi) is 4.77. The summed E-state index contributed by atoms with van der Waals surface area (Å²) in [6, 6.07) is 10.9. The van der Waals surface area contributed by atoms with Gasteiger partial charge in [0.05, 0.1) is 11.6 Å². The highest BCUT2D eigenvalue weighted by molar-refractivity contribution is 6.09. The molecular weight excluding hydrogens is 352 g/mol. The van der Waals surface area contributed by atoms with E-state index in [9.17, 15) is 9.59 Å². The molecule has 0 radical (unpaired) electrons. The number of hydrogen-bond acceptors (Lipinski definition) is 5. The van der Waals surface area contributed by atoms with E-state index in [2.05, 4.69) is 27.5 Å². The lowest BCUT2D eigenvalue weighted by molar-refractivity contribution is -0.117. The van der Waals surface area contributed by atoms with Crippen LogP contribution >= 0.6 is 0 Å². The van der Waals surface area contributed by atoms with Crippen LogP contribution in [0.5, 0.6) is 0 Å². The summed E-state index contributed by atoms with van der Waals surface area (Å²) >= 11 is 0. The number of allylic oxidation sites excluding steroid dienone is 3. The molecule has 1 amide bonds. The van der Waals surface area contributed by atoms with E-state index >= 15 is 0 Å². The molecule has 1 aliphatic heterocycles. The summed E-state index contributed by atoms with van der Waals surface area (Å²) in [5, 5.41) is 6.18. The number of nitrogens with one attached hydrogen (secondary N) is 2. The quantitative estimate of drug-likeness (QED) is 0.861. The fraction of sp³-hybridized carbons (Fsp3) is 0.273. The Morgan fingerprint density at radius 3 is 2.54 bits per heavy atom. The lowest BCUT2D eigenvalue weighted by Crippen LogP contribution is -2.37. The Bertz CT molecular complexity index is 980. The highest BCUT2D eigenvalue weighted by atomic mass is 16.2. The minimum atomic E-state index is -0.485. The van der Waals surface area contributed by atoms with E-state index in [1.807, 2.05) is 31.2 Å². The Labute approximate surface area is 163 Å². The topological polar surface area (TPSA) is 84.0 Å². The molecule has 2 unspecified atom stereocenters. The van der Waals surface area contributed by atoms with Gasteiger partial charge in [-0.15, -0.1) is 0 Å². The number of Topliss-reactive ketones (excluding diaryl/α,β-unsaturated/α-hetero) is 1. The lowest BCUT2D eigenvalue weighted by atomic mass is 9.74. The van der Waals surface area contributed by atoms with Gasteiger partial charge in [-0.3, -0.25) is 14.6 Å². The number of pyridine rings is 2. The third-order valence-electron chi connectivity index (χ3n) is 5.17. The van der Waals surface area contributed by atoms with Gasteiger partial charge in [0.1, 0.15) is 5.82 Å². The molecule has 28 heavy (non-hydrogen) atoms. The van der Waals surface area contributed by atoms with E-state index in [-0.39, 0.29) is 17.6 Å². The summed E-state index contributed by atoms with van der Waals surface area (Å²) < 4.78 is 0. The van der Waals surface area contributed by atoms with Crippen molar-refractivity contribution in [2.45, 2.75) is 32.6 Å². The van der Waals surface area contributed by atoms with Crippen molar-refractivity contribution in [1.29, 1.82) is 0 Å². The summed E-state index contributed by atoms with van der Waals surface area (Å²) in [6.45, 7) is 3.94. The second kappa shape index (κ2) is 7.38. The molecule has 2 aromatic heterocycles. The molecule has 2 N–H and O–H groups in total. The molecule has 0 saturated carbocycles. The van der Waals surface area contributed by atoms with Crippen molar-refractivity contribution in [2.75, 3.05) is 5.32 Å². The Hall–Kier alpha value is -3.28. The molecule has 6 heteroatoms. The van der Waals surface area contributed by atoms with Crippen molar-refractivity contribution in [3.05, 3.63) is 77.0 Å². The fourth-order valence-electron chi connectivity index (χ4n) is 4.00. The van der Waals surface area contributed by atoms with Gasteiger partial charge in [0.15, 0.2) is 5.78 Å². The normalized spacial score (nSPS) is 21.9. The van der Waals surface area contributed by atoms with Crippen LogP contribution in [-0.2, 0) is 9.59 Å². The molecule has 142 valence electrons. The molecule has 0 bridgehead atoms. The van der Waals surface area contributed by atoms with E-state index < -0.39 is 5.92 Å². The van der Waals surface area contributed by atoms with Gasteiger partial charge < -0.3 is 10.6 Å². The van der Waals surface area contributed by atoms with E-state index in [1.165, 1.54) is 0 Å². The molecular formula is C22H22N4O2. The second-order valence-corrected chi connectivity index (χ2v) is 7.35. The molecule has 0 fully saturated rings. The van der Waals surface area contributed by atoms with Gasteiger partial charge in [0, 0.05) is 41.4 Å². The third-order valence-corrected chi connectivity index (χ3v) is 5.17. The van der Waals surface area contributed by atoms with Crippen molar-refractivity contribution in [1.82, 2.24) is 15.3 Å². The van der Waals surface area contributed by atoms with Crippen LogP contribution in [0.15, 0.2) is 71.3 Å². The molecule has 2 atom stereocenters. The average Bonchev–Trinajstić information content (AvgIpc) is 2.68. The van der Waals surface area contributed by atoms with Gasteiger partial charge in [-0.1, -0.05) is 19.1 Å². The highest BCUT2D eigenvalue weighted by Crippen LogP contribution is 2.42. The van der Waals surface area contributed by atoms with E-state index in [1.54, 1.807) is 24.5 Å². The molecule has 4 rings (SSSR count). The second-order valence-electron chi connectivity index (χ2n) is 7.35. The van der Waals surface area contributed by atoms with Crippen molar-refractivity contribution < 1.29 is 9.59 Å². The van der Waals surface area contributed by atoms with Crippen LogP contribution < -0.4 is 10.6 Å². The number of amides is 1. The van der Waals surface area contributed by atoms with Crippen LogP contribution in [0, 0.1) is 5.92 Å². The predicted molar refractivity (Wildman–Crippen MR) is 106 cm³/mol. The Balaban J connectivity index is 1.79. The van der Waals surface area contributed by atoms with Gasteiger partial charge in [0.25, 0.3) is 5.91 Å². The number of anilines is 1. The summed E-state index contributed by atoms with van der Waals surface area (Å²) in [4.78, 5) is 34.8. The maximum absolute atomic E-state index is 13.2. The number of ketones is 1. The number of rotatable bonds is 3. The zero-order chi connectivity index (χ0) is 19.7. The van der Waals surface area contributed by atoms with Crippen LogP contribution in [0.3, 0.4) is 0 Å². The number of nitrogens with zero attached hydrogens (tertiary/aromatic N) is 2. The number of carbonyl (C=O) groups excluding carboxylic acids is 2. The molecule has 0 spiro atoms. The summed E-state index contributed by atoms with van der Waals surface area (Å²) in [6.07, 6.45) is 4.59. The van der Waals surface area contributed by atoms with Crippen LogP contribution in [0.2, 0.25) is 0 Å². The number of dihydropyridines is 1. The monoisotopic (exact) mass is 374 g/mol. The smallest absolute Gasteiger partial charge is 0.255 e. The molecule has 1 aliphatic carbocycles. The molecule has 3 heterocycles. The minimum absolute atomic E-state index is 0.0764. The third kappa shape index (κ3) is 3.33. The van der Waals surface area contributed by atoms with Crippen LogP contribution in [0.1, 0.15) is 38.3 Å². The van der Waals surface area contributed by atoms with Crippen molar-refractivity contribution in [3.8, 4) is 0 Å².